The molecule has 0 aliphatic carbocycles. The van der Waals surface area contributed by atoms with Gasteiger partial charge in [0.25, 0.3) is 0 Å². The minimum atomic E-state index is -0.807. The maximum Gasteiger partial charge on any atom is 0.142 e. The summed E-state index contributed by atoms with van der Waals surface area (Å²) in [4.78, 5) is 4.16. The van der Waals surface area contributed by atoms with E-state index in [1.165, 1.54) is 0 Å². The van der Waals surface area contributed by atoms with Crippen LogP contribution in [0.4, 0.5) is 0 Å². The van der Waals surface area contributed by atoms with E-state index in [-0.39, 0.29) is 0 Å². The van der Waals surface area contributed by atoms with Crippen LogP contribution in [0.1, 0.15) is 17.5 Å². The molecule has 1 unspecified atom stereocenters. The van der Waals surface area contributed by atoms with Gasteiger partial charge < -0.3 is 19.1 Å². The first kappa shape index (κ1) is 13.6. The molecule has 5 nitrogen and oxygen atoms in total. The van der Waals surface area contributed by atoms with E-state index in [1.807, 2.05) is 31.3 Å². The van der Waals surface area contributed by atoms with E-state index in [4.69, 9.17) is 9.47 Å². The summed E-state index contributed by atoms with van der Waals surface area (Å²) < 4.78 is 12.4. The van der Waals surface area contributed by atoms with E-state index in [9.17, 15) is 5.11 Å². The third-order valence-electron chi connectivity index (χ3n) is 2.86. The number of aryl methyl sites for hydroxylation is 1. The number of methoxy groups -OCH3 is 1. The highest BCUT2D eigenvalue weighted by molar-refractivity contribution is 5.37. The molecule has 102 valence electrons. The molecule has 1 N–H and O–H groups in total. The molecule has 0 bridgehead atoms. The summed E-state index contributed by atoms with van der Waals surface area (Å²) in [6.07, 6.45) is 2.65. The fourth-order valence-corrected chi connectivity index (χ4v) is 1.85. The minimum Gasteiger partial charge on any atom is -0.491 e. The molecule has 2 rings (SSSR count). The molecule has 2 aromatic rings. The van der Waals surface area contributed by atoms with Crippen LogP contribution < -0.4 is 4.74 Å². The Morgan fingerprint density at radius 1 is 1.32 bits per heavy atom. The molecule has 0 saturated carbocycles. The van der Waals surface area contributed by atoms with Crippen molar-refractivity contribution in [2.75, 3.05) is 20.3 Å². The van der Waals surface area contributed by atoms with Crippen LogP contribution in [-0.2, 0) is 11.8 Å². The van der Waals surface area contributed by atoms with Crippen LogP contribution in [0.25, 0.3) is 0 Å². The highest BCUT2D eigenvalue weighted by Gasteiger charge is 2.18. The largest absolute Gasteiger partial charge is 0.491 e. The summed E-state index contributed by atoms with van der Waals surface area (Å²) in [6, 6.07) is 7.40. The summed E-state index contributed by atoms with van der Waals surface area (Å²) in [6.45, 7) is 0.952. The third-order valence-corrected chi connectivity index (χ3v) is 2.86. The maximum absolute atomic E-state index is 10.4. The van der Waals surface area contributed by atoms with Crippen molar-refractivity contribution < 1.29 is 14.6 Å². The molecule has 0 aliphatic rings. The number of rotatable bonds is 6. The van der Waals surface area contributed by atoms with Crippen LogP contribution in [0.15, 0.2) is 36.7 Å². The highest BCUT2D eigenvalue weighted by atomic mass is 16.5. The molecule has 5 heteroatoms. The Balaban J connectivity index is 2.21. The van der Waals surface area contributed by atoms with Crippen molar-refractivity contribution in [1.29, 1.82) is 0 Å². The predicted molar refractivity (Wildman–Crippen MR) is 71.1 cm³/mol. The summed E-state index contributed by atoms with van der Waals surface area (Å²) in [5.41, 5.74) is 0.702. The van der Waals surface area contributed by atoms with Gasteiger partial charge in [-0.15, -0.1) is 0 Å². The third kappa shape index (κ3) is 3.13. The molecular formula is C14H18N2O3. The van der Waals surface area contributed by atoms with Gasteiger partial charge in [-0.25, -0.2) is 4.98 Å². The van der Waals surface area contributed by atoms with Gasteiger partial charge in [-0.1, -0.05) is 18.2 Å². The molecule has 0 aliphatic heterocycles. The lowest BCUT2D eigenvalue weighted by Gasteiger charge is -2.16. The Morgan fingerprint density at radius 3 is 2.79 bits per heavy atom. The van der Waals surface area contributed by atoms with Crippen molar-refractivity contribution in [1.82, 2.24) is 9.55 Å². The van der Waals surface area contributed by atoms with Gasteiger partial charge in [-0.2, -0.15) is 0 Å². The van der Waals surface area contributed by atoms with Crippen LogP contribution in [0.2, 0.25) is 0 Å². The summed E-state index contributed by atoms with van der Waals surface area (Å²) in [5, 5.41) is 10.4. The van der Waals surface area contributed by atoms with Crippen molar-refractivity contribution in [2.24, 2.45) is 7.05 Å². The van der Waals surface area contributed by atoms with Gasteiger partial charge in [-0.05, 0) is 6.07 Å². The lowest BCUT2D eigenvalue weighted by molar-refractivity contribution is 0.141. The Labute approximate surface area is 112 Å². The van der Waals surface area contributed by atoms with Gasteiger partial charge in [0.15, 0.2) is 0 Å². The predicted octanol–water partition coefficient (Wildman–Crippen LogP) is 1.53. The number of para-hydroxylation sites is 1. The zero-order valence-electron chi connectivity index (χ0n) is 11.1. The van der Waals surface area contributed by atoms with E-state index in [2.05, 4.69) is 4.98 Å². The van der Waals surface area contributed by atoms with Crippen LogP contribution in [-0.4, -0.2) is 35.0 Å². The first-order valence-corrected chi connectivity index (χ1v) is 6.10. The molecule has 1 heterocycles. The number of aliphatic hydroxyl groups is 1. The van der Waals surface area contributed by atoms with Gasteiger partial charge >= 0.3 is 0 Å². The van der Waals surface area contributed by atoms with E-state index in [1.54, 1.807) is 24.1 Å². The van der Waals surface area contributed by atoms with Gasteiger partial charge in [-0.3, -0.25) is 0 Å². The number of benzene rings is 1. The summed E-state index contributed by atoms with van der Waals surface area (Å²) in [5.74, 6) is 1.23. The van der Waals surface area contributed by atoms with Crippen LogP contribution in [0.3, 0.4) is 0 Å². The Morgan fingerprint density at radius 2 is 2.11 bits per heavy atom. The molecule has 0 amide bonds. The molecule has 1 aromatic carbocycles. The SMILES string of the molecule is COCCOc1ccccc1C(O)c1nccn1C. The van der Waals surface area contributed by atoms with Crippen molar-refractivity contribution in [2.45, 2.75) is 6.10 Å². The average molecular weight is 262 g/mol. The quantitative estimate of drug-likeness (QED) is 0.802. The maximum atomic E-state index is 10.4. The Hall–Kier alpha value is -1.85. The van der Waals surface area contributed by atoms with E-state index in [0.717, 1.165) is 0 Å². The Bertz CT molecular complexity index is 525. The van der Waals surface area contributed by atoms with Crippen LogP contribution >= 0.6 is 0 Å². The number of hydrogen-bond donors (Lipinski definition) is 1. The number of aromatic nitrogens is 2. The van der Waals surface area contributed by atoms with Gasteiger partial charge in [0.05, 0.1) is 6.61 Å². The average Bonchev–Trinajstić information content (AvgIpc) is 2.85. The van der Waals surface area contributed by atoms with Crippen molar-refractivity contribution in [3.05, 3.63) is 48.0 Å². The smallest absolute Gasteiger partial charge is 0.142 e. The number of hydrogen-bond acceptors (Lipinski definition) is 4. The molecule has 19 heavy (non-hydrogen) atoms. The van der Waals surface area contributed by atoms with E-state index in [0.29, 0.717) is 30.4 Å². The molecule has 0 radical (unpaired) electrons. The second-order valence-corrected chi connectivity index (χ2v) is 4.18. The zero-order chi connectivity index (χ0) is 13.7. The van der Waals surface area contributed by atoms with Crippen molar-refractivity contribution in [3.8, 4) is 5.75 Å². The molecule has 0 spiro atoms. The minimum absolute atomic E-state index is 0.445. The monoisotopic (exact) mass is 262 g/mol. The van der Waals surface area contributed by atoms with Crippen LogP contribution in [0.5, 0.6) is 5.75 Å². The Kier molecular flexibility index (Phi) is 4.54. The van der Waals surface area contributed by atoms with Gasteiger partial charge in [0.2, 0.25) is 0 Å². The molecule has 0 fully saturated rings. The van der Waals surface area contributed by atoms with E-state index < -0.39 is 6.10 Å². The zero-order valence-corrected chi connectivity index (χ0v) is 11.1. The van der Waals surface area contributed by atoms with Crippen LogP contribution in [0, 0.1) is 0 Å². The topological polar surface area (TPSA) is 56.5 Å². The number of ether oxygens (including phenoxy) is 2. The number of aliphatic hydroxyl groups excluding tert-OH is 1. The number of imidazole rings is 1. The van der Waals surface area contributed by atoms with Crippen molar-refractivity contribution >= 4 is 0 Å². The highest BCUT2D eigenvalue weighted by Crippen LogP contribution is 2.28. The lowest BCUT2D eigenvalue weighted by Crippen LogP contribution is -2.11. The molecule has 0 saturated heterocycles. The van der Waals surface area contributed by atoms with Gasteiger partial charge in [0, 0.05) is 32.1 Å². The second-order valence-electron chi connectivity index (χ2n) is 4.18. The normalized spacial score (nSPS) is 12.4. The molecule has 1 aromatic heterocycles. The first-order valence-electron chi connectivity index (χ1n) is 6.10. The second kappa shape index (κ2) is 6.36. The standard InChI is InChI=1S/C14H18N2O3/c1-16-8-7-15-14(16)13(17)11-5-3-4-6-12(11)19-10-9-18-2/h3-8,13,17H,9-10H2,1-2H3. The molecular weight excluding hydrogens is 244 g/mol. The van der Waals surface area contributed by atoms with Gasteiger partial charge in [0.1, 0.15) is 24.3 Å². The fourth-order valence-electron chi connectivity index (χ4n) is 1.85. The fraction of sp³-hybridized carbons (Fsp3) is 0.357. The lowest BCUT2D eigenvalue weighted by atomic mass is 10.1. The summed E-state index contributed by atoms with van der Waals surface area (Å²) >= 11 is 0. The van der Waals surface area contributed by atoms with Crippen molar-refractivity contribution in [3.63, 3.8) is 0 Å². The summed E-state index contributed by atoms with van der Waals surface area (Å²) in [7, 11) is 3.47. The van der Waals surface area contributed by atoms with E-state index >= 15 is 0 Å². The molecule has 1 atom stereocenters. The number of nitrogens with zero attached hydrogens (tertiary/aromatic N) is 2. The first-order chi connectivity index (χ1) is 9.24.